The van der Waals surface area contributed by atoms with Crippen LogP contribution in [0.2, 0.25) is 0 Å². The van der Waals surface area contributed by atoms with E-state index >= 15 is 0 Å². The van der Waals surface area contributed by atoms with Crippen molar-refractivity contribution in [3.63, 3.8) is 0 Å². The SMILES string of the molecule is CN=C(NCC1(c2ccccc2)CCCC1)N1CCC(COCCOC)C1.I. The summed E-state index contributed by atoms with van der Waals surface area (Å²) >= 11 is 0. The Morgan fingerprint density at radius 3 is 2.64 bits per heavy atom. The maximum Gasteiger partial charge on any atom is 0.193 e. The lowest BCUT2D eigenvalue weighted by Gasteiger charge is -2.32. The third kappa shape index (κ3) is 6.07. The van der Waals surface area contributed by atoms with Gasteiger partial charge in [0.05, 0.1) is 19.8 Å². The summed E-state index contributed by atoms with van der Waals surface area (Å²) in [6.07, 6.45) is 6.32. The second-order valence-corrected chi connectivity index (χ2v) is 7.92. The minimum absolute atomic E-state index is 0. The van der Waals surface area contributed by atoms with Gasteiger partial charge in [-0.3, -0.25) is 4.99 Å². The molecule has 2 fully saturated rings. The van der Waals surface area contributed by atoms with E-state index in [4.69, 9.17) is 9.47 Å². The van der Waals surface area contributed by atoms with Gasteiger partial charge >= 0.3 is 0 Å². The Labute approximate surface area is 187 Å². The van der Waals surface area contributed by atoms with E-state index in [0.717, 1.165) is 38.6 Å². The summed E-state index contributed by atoms with van der Waals surface area (Å²) < 4.78 is 10.8. The molecule has 1 atom stereocenters. The minimum atomic E-state index is 0. The van der Waals surface area contributed by atoms with Crippen molar-refractivity contribution in [3.8, 4) is 0 Å². The van der Waals surface area contributed by atoms with E-state index < -0.39 is 0 Å². The number of benzene rings is 1. The van der Waals surface area contributed by atoms with E-state index in [0.29, 0.717) is 19.1 Å². The highest BCUT2D eigenvalue weighted by Crippen LogP contribution is 2.40. The van der Waals surface area contributed by atoms with Crippen LogP contribution in [0.25, 0.3) is 0 Å². The molecule has 0 amide bonds. The maximum absolute atomic E-state index is 5.72. The first-order valence-electron chi connectivity index (χ1n) is 10.4. The smallest absolute Gasteiger partial charge is 0.193 e. The third-order valence-corrected chi connectivity index (χ3v) is 6.11. The Morgan fingerprint density at radius 1 is 1.21 bits per heavy atom. The van der Waals surface area contributed by atoms with Crippen LogP contribution in [0.4, 0.5) is 0 Å². The lowest BCUT2D eigenvalue weighted by Crippen LogP contribution is -2.46. The summed E-state index contributed by atoms with van der Waals surface area (Å²) in [7, 11) is 3.61. The number of ether oxygens (including phenoxy) is 2. The van der Waals surface area contributed by atoms with E-state index in [1.54, 1.807) is 7.11 Å². The Morgan fingerprint density at radius 2 is 1.96 bits per heavy atom. The third-order valence-electron chi connectivity index (χ3n) is 6.11. The van der Waals surface area contributed by atoms with Gasteiger partial charge in [0.25, 0.3) is 0 Å². The highest BCUT2D eigenvalue weighted by atomic mass is 127. The van der Waals surface area contributed by atoms with E-state index in [2.05, 4.69) is 45.5 Å². The van der Waals surface area contributed by atoms with Crippen LogP contribution in [0.15, 0.2) is 35.3 Å². The molecule has 1 aromatic carbocycles. The standard InChI is InChI=1S/C22H35N3O2.HI/c1-23-21(25-13-10-19(16-25)17-27-15-14-26-2)24-18-22(11-6-7-12-22)20-8-4-3-5-9-20;/h3-5,8-9,19H,6-7,10-18H2,1-2H3,(H,23,24);1H. The first kappa shape index (κ1) is 23.4. The molecule has 1 saturated carbocycles. The summed E-state index contributed by atoms with van der Waals surface area (Å²) in [5.74, 6) is 1.62. The number of aliphatic imine (C=N–C) groups is 1. The highest BCUT2D eigenvalue weighted by molar-refractivity contribution is 14.0. The number of likely N-dealkylation sites (tertiary alicyclic amines) is 1. The Bertz CT molecular complexity index is 591. The van der Waals surface area contributed by atoms with Crippen molar-refractivity contribution in [1.29, 1.82) is 0 Å². The van der Waals surface area contributed by atoms with E-state index in [1.165, 1.54) is 31.2 Å². The van der Waals surface area contributed by atoms with Crippen LogP contribution in [-0.4, -0.2) is 64.5 Å². The van der Waals surface area contributed by atoms with Crippen LogP contribution < -0.4 is 5.32 Å². The summed E-state index contributed by atoms with van der Waals surface area (Å²) in [4.78, 5) is 6.96. The number of methoxy groups -OCH3 is 1. The molecule has 1 aromatic rings. The van der Waals surface area contributed by atoms with Crippen molar-refractivity contribution in [2.24, 2.45) is 10.9 Å². The molecule has 1 aliphatic heterocycles. The van der Waals surface area contributed by atoms with Crippen molar-refractivity contribution < 1.29 is 9.47 Å². The average Bonchev–Trinajstić information content (AvgIpc) is 3.37. The Hall–Kier alpha value is -0.860. The van der Waals surface area contributed by atoms with Crippen molar-refractivity contribution in [3.05, 3.63) is 35.9 Å². The summed E-state index contributed by atoms with van der Waals surface area (Å²) in [6, 6.07) is 11.0. The van der Waals surface area contributed by atoms with Crippen LogP contribution in [-0.2, 0) is 14.9 Å². The number of hydrogen-bond acceptors (Lipinski definition) is 3. The van der Waals surface area contributed by atoms with Gasteiger partial charge in [-0.1, -0.05) is 43.2 Å². The molecular formula is C22H36IN3O2. The average molecular weight is 501 g/mol. The monoisotopic (exact) mass is 501 g/mol. The summed E-state index contributed by atoms with van der Waals surface area (Å²) in [6.45, 7) is 5.20. The van der Waals surface area contributed by atoms with Crippen LogP contribution in [0.3, 0.4) is 0 Å². The minimum Gasteiger partial charge on any atom is -0.382 e. The fourth-order valence-electron chi connectivity index (χ4n) is 4.54. The van der Waals surface area contributed by atoms with Gasteiger partial charge in [-0.15, -0.1) is 24.0 Å². The molecule has 1 heterocycles. The second kappa shape index (κ2) is 12.0. The van der Waals surface area contributed by atoms with Gasteiger partial charge in [0, 0.05) is 45.1 Å². The van der Waals surface area contributed by atoms with Crippen molar-refractivity contribution >= 4 is 29.9 Å². The van der Waals surface area contributed by atoms with Gasteiger partial charge < -0.3 is 19.7 Å². The van der Waals surface area contributed by atoms with Crippen LogP contribution in [0.5, 0.6) is 0 Å². The molecule has 2 aliphatic rings. The largest absolute Gasteiger partial charge is 0.382 e. The second-order valence-electron chi connectivity index (χ2n) is 7.92. The van der Waals surface area contributed by atoms with Gasteiger partial charge in [0.2, 0.25) is 0 Å². The molecule has 5 nitrogen and oxygen atoms in total. The number of halogens is 1. The molecule has 6 heteroatoms. The first-order chi connectivity index (χ1) is 13.3. The topological polar surface area (TPSA) is 46.1 Å². The molecule has 1 saturated heterocycles. The molecular weight excluding hydrogens is 465 g/mol. The molecule has 0 bridgehead atoms. The quantitative estimate of drug-likeness (QED) is 0.256. The summed E-state index contributed by atoms with van der Waals surface area (Å²) in [5, 5.41) is 3.70. The number of rotatable bonds is 8. The lowest BCUT2D eigenvalue weighted by atomic mass is 9.79. The molecule has 1 aliphatic carbocycles. The lowest BCUT2D eigenvalue weighted by molar-refractivity contribution is 0.0536. The number of nitrogens with one attached hydrogen (secondary N) is 1. The fraction of sp³-hybridized carbons (Fsp3) is 0.682. The number of hydrogen-bond donors (Lipinski definition) is 1. The van der Waals surface area contributed by atoms with Gasteiger partial charge in [-0.05, 0) is 24.8 Å². The zero-order valence-corrected chi connectivity index (χ0v) is 19.7. The van der Waals surface area contributed by atoms with E-state index in [-0.39, 0.29) is 29.4 Å². The number of nitrogens with zero attached hydrogens (tertiary/aromatic N) is 2. The first-order valence-corrected chi connectivity index (χ1v) is 10.4. The fourth-order valence-corrected chi connectivity index (χ4v) is 4.54. The van der Waals surface area contributed by atoms with Crippen LogP contribution in [0.1, 0.15) is 37.7 Å². The summed E-state index contributed by atoms with van der Waals surface area (Å²) in [5.41, 5.74) is 1.72. The highest BCUT2D eigenvalue weighted by Gasteiger charge is 2.36. The van der Waals surface area contributed by atoms with Gasteiger partial charge in [-0.25, -0.2) is 0 Å². The molecule has 0 spiro atoms. The molecule has 0 aromatic heterocycles. The van der Waals surface area contributed by atoms with Crippen molar-refractivity contribution in [1.82, 2.24) is 10.2 Å². The van der Waals surface area contributed by atoms with Crippen molar-refractivity contribution in [2.75, 3.05) is 53.6 Å². The normalized spacial score (nSPS) is 21.6. The molecule has 158 valence electrons. The van der Waals surface area contributed by atoms with Gasteiger partial charge in [-0.2, -0.15) is 0 Å². The van der Waals surface area contributed by atoms with Gasteiger partial charge in [0.15, 0.2) is 5.96 Å². The molecule has 1 unspecified atom stereocenters. The zero-order chi connectivity index (χ0) is 19.0. The predicted molar refractivity (Wildman–Crippen MR) is 126 cm³/mol. The van der Waals surface area contributed by atoms with E-state index in [9.17, 15) is 0 Å². The Kier molecular flexibility index (Phi) is 10.0. The van der Waals surface area contributed by atoms with Crippen molar-refractivity contribution in [2.45, 2.75) is 37.5 Å². The maximum atomic E-state index is 5.72. The van der Waals surface area contributed by atoms with Crippen LogP contribution in [0, 0.1) is 5.92 Å². The zero-order valence-electron chi connectivity index (χ0n) is 17.4. The van der Waals surface area contributed by atoms with Gasteiger partial charge in [0.1, 0.15) is 0 Å². The van der Waals surface area contributed by atoms with E-state index in [1.807, 2.05) is 7.05 Å². The molecule has 28 heavy (non-hydrogen) atoms. The predicted octanol–water partition coefficient (Wildman–Crippen LogP) is 3.68. The Balaban J connectivity index is 0.00000280. The van der Waals surface area contributed by atoms with Crippen LogP contribution >= 0.6 is 24.0 Å². The molecule has 3 rings (SSSR count). The molecule has 0 radical (unpaired) electrons. The number of guanidine groups is 1. The molecule has 1 N–H and O–H groups in total.